The Labute approximate surface area is 126 Å². The largest absolute Gasteiger partial charge is 0.223 e. The number of piperidine rings is 1. The van der Waals surface area contributed by atoms with Crippen molar-refractivity contribution in [3.05, 3.63) is 30.3 Å². The van der Waals surface area contributed by atoms with Gasteiger partial charge in [0.25, 0.3) is 0 Å². The van der Waals surface area contributed by atoms with Crippen molar-refractivity contribution in [2.75, 3.05) is 13.1 Å². The third-order valence-electron chi connectivity index (χ3n) is 3.87. The van der Waals surface area contributed by atoms with E-state index in [4.69, 9.17) is 0 Å². The van der Waals surface area contributed by atoms with E-state index >= 15 is 0 Å². The third kappa shape index (κ3) is 3.30. The first-order chi connectivity index (χ1) is 9.76. The molecule has 0 bridgehead atoms. The molecule has 0 amide bonds. The number of rotatable bonds is 4. The van der Waals surface area contributed by atoms with Gasteiger partial charge in [-0.15, -0.1) is 0 Å². The van der Waals surface area contributed by atoms with Gasteiger partial charge in [-0.2, -0.15) is 0 Å². The summed E-state index contributed by atoms with van der Waals surface area (Å²) in [5.74, 6) is 0. The molecule has 0 unspecified atom stereocenters. The van der Waals surface area contributed by atoms with Crippen LogP contribution in [0, 0.1) is 0 Å². The van der Waals surface area contributed by atoms with Crippen molar-refractivity contribution in [3.8, 4) is 0 Å². The minimum atomic E-state index is -3.37. The minimum Gasteiger partial charge on any atom is -0.223 e. The fraction of sp³-hybridized carbons (Fsp3) is 0.571. The van der Waals surface area contributed by atoms with Crippen LogP contribution in [0.15, 0.2) is 35.2 Å². The highest BCUT2D eigenvalue weighted by Crippen LogP contribution is 2.26. The zero-order chi connectivity index (χ0) is 15.7. The van der Waals surface area contributed by atoms with Gasteiger partial charge in [-0.1, -0.05) is 18.2 Å². The Balaban J connectivity index is 2.12. The number of benzene rings is 1. The zero-order valence-corrected chi connectivity index (χ0v) is 13.9. The summed E-state index contributed by atoms with van der Waals surface area (Å²) in [5.41, 5.74) is 0. The Morgan fingerprint density at radius 2 is 1.52 bits per heavy atom. The molecule has 0 N–H and O–H groups in total. The van der Waals surface area contributed by atoms with Gasteiger partial charge in [-0.05, 0) is 38.8 Å². The first-order valence-corrected chi connectivity index (χ1v) is 10.1. The lowest BCUT2D eigenvalue weighted by molar-refractivity contribution is 0.343. The van der Waals surface area contributed by atoms with E-state index in [1.54, 1.807) is 44.2 Å². The normalized spacial score (nSPS) is 19.0. The molecule has 0 spiro atoms. The first kappa shape index (κ1) is 16.5. The van der Waals surface area contributed by atoms with Crippen molar-refractivity contribution in [2.45, 2.75) is 42.1 Å². The lowest BCUT2D eigenvalue weighted by atomic mass is 10.2. The number of sulfone groups is 1. The highest BCUT2D eigenvalue weighted by atomic mass is 32.2. The van der Waals surface area contributed by atoms with Gasteiger partial charge in [-0.3, -0.25) is 0 Å². The Bertz CT molecular complexity index is 673. The van der Waals surface area contributed by atoms with Gasteiger partial charge in [-0.25, -0.2) is 21.1 Å². The topological polar surface area (TPSA) is 71.5 Å². The average Bonchev–Trinajstić information content (AvgIpc) is 2.48. The maximum absolute atomic E-state index is 12.5. The van der Waals surface area contributed by atoms with Crippen LogP contribution in [0.25, 0.3) is 0 Å². The third-order valence-corrected chi connectivity index (χ3v) is 8.42. The summed E-state index contributed by atoms with van der Waals surface area (Å²) < 4.78 is 50.6. The van der Waals surface area contributed by atoms with Gasteiger partial charge in [0.1, 0.15) is 0 Å². The van der Waals surface area contributed by atoms with E-state index in [1.807, 2.05) is 0 Å². The summed E-state index contributed by atoms with van der Waals surface area (Å²) in [4.78, 5) is 0.315. The highest BCUT2D eigenvalue weighted by molar-refractivity contribution is 7.92. The number of sulfonamides is 1. The van der Waals surface area contributed by atoms with Gasteiger partial charge in [0.2, 0.25) is 10.0 Å². The van der Waals surface area contributed by atoms with E-state index in [9.17, 15) is 16.8 Å². The lowest BCUT2D eigenvalue weighted by Crippen LogP contribution is -2.44. The summed E-state index contributed by atoms with van der Waals surface area (Å²) in [6, 6.07) is 8.35. The molecule has 0 aromatic heterocycles. The Kier molecular flexibility index (Phi) is 4.75. The quantitative estimate of drug-likeness (QED) is 0.841. The Morgan fingerprint density at radius 3 is 2.00 bits per heavy atom. The second-order valence-electron chi connectivity index (χ2n) is 5.55. The highest BCUT2D eigenvalue weighted by Gasteiger charge is 2.35. The Hall–Kier alpha value is -0.920. The fourth-order valence-electron chi connectivity index (χ4n) is 2.50. The van der Waals surface area contributed by atoms with Crippen LogP contribution >= 0.6 is 0 Å². The predicted molar refractivity (Wildman–Crippen MR) is 82.3 cm³/mol. The van der Waals surface area contributed by atoms with Crippen LogP contribution in [0.5, 0.6) is 0 Å². The molecule has 1 saturated heterocycles. The SMILES string of the molecule is CC(C)S(=O)(=O)N1CCC(S(=O)(=O)c2ccccc2)CC1. The first-order valence-electron chi connectivity index (χ1n) is 7.04. The molecule has 0 saturated carbocycles. The van der Waals surface area contributed by atoms with E-state index in [1.165, 1.54) is 4.31 Å². The molecule has 5 nitrogen and oxygen atoms in total. The van der Waals surface area contributed by atoms with Crippen molar-refractivity contribution in [1.29, 1.82) is 0 Å². The fourth-order valence-corrected chi connectivity index (χ4v) is 5.57. The van der Waals surface area contributed by atoms with Crippen LogP contribution < -0.4 is 0 Å². The van der Waals surface area contributed by atoms with Crippen LogP contribution in [0.1, 0.15) is 26.7 Å². The monoisotopic (exact) mass is 331 g/mol. The van der Waals surface area contributed by atoms with Crippen molar-refractivity contribution in [3.63, 3.8) is 0 Å². The molecule has 1 aliphatic rings. The van der Waals surface area contributed by atoms with Crippen molar-refractivity contribution >= 4 is 19.9 Å². The smallest absolute Gasteiger partial charge is 0.216 e. The van der Waals surface area contributed by atoms with Crippen LogP contribution in [0.3, 0.4) is 0 Å². The Morgan fingerprint density at radius 1 is 1.00 bits per heavy atom. The van der Waals surface area contributed by atoms with Crippen LogP contribution in [0.4, 0.5) is 0 Å². The van der Waals surface area contributed by atoms with E-state index in [2.05, 4.69) is 0 Å². The lowest BCUT2D eigenvalue weighted by Gasteiger charge is -2.32. The van der Waals surface area contributed by atoms with Gasteiger partial charge in [0.15, 0.2) is 9.84 Å². The summed E-state index contributed by atoms with van der Waals surface area (Å²) in [5, 5.41) is -0.974. The van der Waals surface area contributed by atoms with E-state index in [0.717, 1.165) is 0 Å². The number of hydrogen-bond acceptors (Lipinski definition) is 4. The molecule has 0 aliphatic carbocycles. The molecule has 118 valence electrons. The summed E-state index contributed by atoms with van der Waals surface area (Å²) >= 11 is 0. The molecule has 2 rings (SSSR count). The average molecular weight is 331 g/mol. The molecule has 1 aromatic rings. The van der Waals surface area contributed by atoms with E-state index < -0.39 is 30.4 Å². The van der Waals surface area contributed by atoms with Crippen molar-refractivity contribution < 1.29 is 16.8 Å². The molecular formula is C14H21NO4S2. The standard InChI is InChI=1S/C14H21NO4S2/c1-12(2)21(18,19)15-10-8-14(9-11-15)20(16,17)13-6-4-3-5-7-13/h3-7,12,14H,8-11H2,1-2H3. The zero-order valence-electron chi connectivity index (χ0n) is 12.3. The van der Waals surface area contributed by atoms with Gasteiger partial charge in [0, 0.05) is 13.1 Å². The van der Waals surface area contributed by atoms with Gasteiger partial charge in [0.05, 0.1) is 15.4 Å². The molecular weight excluding hydrogens is 310 g/mol. The molecule has 1 aromatic carbocycles. The van der Waals surface area contributed by atoms with Gasteiger partial charge < -0.3 is 0 Å². The number of nitrogens with zero attached hydrogens (tertiary/aromatic N) is 1. The maximum atomic E-state index is 12.5. The van der Waals surface area contributed by atoms with E-state index in [0.29, 0.717) is 17.7 Å². The second-order valence-corrected chi connectivity index (χ2v) is 10.3. The maximum Gasteiger partial charge on any atom is 0.216 e. The molecule has 21 heavy (non-hydrogen) atoms. The number of hydrogen-bond donors (Lipinski definition) is 0. The molecule has 7 heteroatoms. The van der Waals surface area contributed by atoms with Crippen LogP contribution in [-0.4, -0.2) is 44.7 Å². The molecule has 1 fully saturated rings. The van der Waals surface area contributed by atoms with Crippen LogP contribution in [-0.2, 0) is 19.9 Å². The van der Waals surface area contributed by atoms with Crippen molar-refractivity contribution in [1.82, 2.24) is 4.31 Å². The molecule has 0 atom stereocenters. The summed E-state index contributed by atoms with van der Waals surface area (Å²) in [6.45, 7) is 3.83. The van der Waals surface area contributed by atoms with E-state index in [-0.39, 0.29) is 13.1 Å². The molecule has 1 aliphatic heterocycles. The summed E-state index contributed by atoms with van der Waals surface area (Å²) in [6.07, 6.45) is 0.701. The second kappa shape index (κ2) is 6.06. The predicted octanol–water partition coefficient (Wildman–Crippen LogP) is 1.66. The van der Waals surface area contributed by atoms with Crippen LogP contribution in [0.2, 0.25) is 0 Å². The molecule has 1 heterocycles. The van der Waals surface area contributed by atoms with Crippen molar-refractivity contribution in [2.24, 2.45) is 0 Å². The van der Waals surface area contributed by atoms with Gasteiger partial charge >= 0.3 is 0 Å². The molecule has 0 radical (unpaired) electrons. The summed E-state index contributed by atoms with van der Waals surface area (Å²) in [7, 11) is -6.67. The minimum absolute atomic E-state index is 0.275.